The predicted octanol–water partition coefficient (Wildman–Crippen LogP) is 17.5. The molecule has 0 N–H and O–H groups in total. The van der Waals surface area contributed by atoms with E-state index in [1.54, 1.807) is 0 Å². The molecule has 0 saturated heterocycles. The maximum absolute atomic E-state index is 2.54. The molecule has 0 aliphatic heterocycles. The van der Waals surface area contributed by atoms with Crippen LogP contribution in [0.2, 0.25) is 0 Å². The van der Waals surface area contributed by atoms with Crippen LogP contribution in [0.15, 0.2) is 237 Å². The van der Waals surface area contributed by atoms with Crippen LogP contribution in [0.3, 0.4) is 0 Å². The van der Waals surface area contributed by atoms with Crippen molar-refractivity contribution in [2.24, 2.45) is 0 Å². The van der Waals surface area contributed by atoms with E-state index in [-0.39, 0.29) is 5.41 Å². The van der Waals surface area contributed by atoms with Gasteiger partial charge < -0.3 is 4.90 Å². The Morgan fingerprint density at radius 1 is 0.348 bits per heavy atom. The van der Waals surface area contributed by atoms with Crippen LogP contribution < -0.4 is 4.90 Å². The van der Waals surface area contributed by atoms with Crippen LogP contribution in [0.1, 0.15) is 47.2 Å². The molecule has 0 amide bonds. The van der Waals surface area contributed by atoms with Gasteiger partial charge in [0.2, 0.25) is 0 Å². The fourth-order valence-electron chi connectivity index (χ4n) is 11.6. The molecule has 1 heterocycles. The number of fused-ring (bicyclic) bond motifs is 9. The molecule has 1 nitrogen and oxygen atoms in total. The number of thiophene rings is 1. The Morgan fingerprint density at radius 3 is 1.55 bits per heavy atom. The van der Waals surface area contributed by atoms with Gasteiger partial charge in [0.1, 0.15) is 0 Å². The molecule has 13 rings (SSSR count). The minimum atomic E-state index is -0.624. The summed E-state index contributed by atoms with van der Waals surface area (Å²) >= 11 is 1.91. The van der Waals surface area contributed by atoms with E-state index in [2.05, 4.69) is 255 Å². The number of benzene rings is 10. The summed E-state index contributed by atoms with van der Waals surface area (Å²) < 4.78 is 2.61. The van der Waals surface area contributed by atoms with E-state index in [0.29, 0.717) is 0 Å². The first kappa shape index (κ1) is 38.7. The van der Waals surface area contributed by atoms with Crippen molar-refractivity contribution in [1.29, 1.82) is 0 Å². The first-order chi connectivity index (χ1) is 32.5. The molecule has 2 aliphatic rings. The van der Waals surface area contributed by atoms with Gasteiger partial charge in [-0.2, -0.15) is 0 Å². The lowest BCUT2D eigenvalue weighted by molar-refractivity contribution is 0.660. The lowest BCUT2D eigenvalue weighted by Crippen LogP contribution is -2.28. The highest BCUT2D eigenvalue weighted by Crippen LogP contribution is 2.62. The van der Waals surface area contributed by atoms with Crippen molar-refractivity contribution in [1.82, 2.24) is 0 Å². The van der Waals surface area contributed by atoms with Gasteiger partial charge in [-0.1, -0.05) is 202 Å². The molecule has 0 unspecified atom stereocenters. The monoisotopic (exact) mass is 859 g/mol. The third kappa shape index (κ3) is 5.65. The normalized spacial score (nSPS) is 13.8. The smallest absolute Gasteiger partial charge is 0.0715 e. The van der Waals surface area contributed by atoms with Crippen molar-refractivity contribution in [3.8, 4) is 44.5 Å². The average Bonchev–Trinajstić information content (AvgIpc) is 3.97. The standard InChI is InChI=1S/C64H45NS/c1-63(2)54-29-17-15-27-50(54)51-37-35-48(39-55(51)63)65(47-33-31-43(32-34-47)42-19-7-3-8-20-42)49-36-38-52-56(40-49)64(45-23-11-5-12-24-45,46-25-13-6-14-26-46)57-41-59-62(53-28-16-18-30-58(53)66-59)60(61(52)57)44-21-9-4-10-22-44/h3-41H,1-2H3. The third-order valence-electron chi connectivity index (χ3n) is 14.5. The van der Waals surface area contributed by atoms with Crippen molar-refractivity contribution in [2.75, 3.05) is 4.90 Å². The molecule has 2 heteroatoms. The van der Waals surface area contributed by atoms with E-state index in [1.165, 1.54) is 98.1 Å². The fourth-order valence-corrected chi connectivity index (χ4v) is 12.7. The second kappa shape index (κ2) is 14.9. The Hall–Kier alpha value is -7.78. The van der Waals surface area contributed by atoms with Crippen LogP contribution in [-0.2, 0) is 10.8 Å². The summed E-state index contributed by atoms with van der Waals surface area (Å²) in [4.78, 5) is 2.49. The van der Waals surface area contributed by atoms with Crippen molar-refractivity contribution >= 4 is 48.6 Å². The zero-order chi connectivity index (χ0) is 44.0. The number of anilines is 3. The molecular formula is C64H45NS. The Kier molecular flexibility index (Phi) is 8.72. The zero-order valence-corrected chi connectivity index (χ0v) is 37.7. The minimum absolute atomic E-state index is 0.148. The molecule has 0 fully saturated rings. The predicted molar refractivity (Wildman–Crippen MR) is 280 cm³/mol. The summed E-state index contributed by atoms with van der Waals surface area (Å²) in [5.41, 5.74) is 20.6. The maximum Gasteiger partial charge on any atom is 0.0715 e. The number of rotatable bonds is 7. The summed E-state index contributed by atoms with van der Waals surface area (Å²) in [5.74, 6) is 0. The molecule has 1 aromatic heterocycles. The van der Waals surface area contributed by atoms with Gasteiger partial charge in [0.25, 0.3) is 0 Å². The first-order valence-electron chi connectivity index (χ1n) is 23.0. The van der Waals surface area contributed by atoms with Gasteiger partial charge in [-0.3, -0.25) is 0 Å². The Bertz CT molecular complexity index is 3600. The lowest BCUT2D eigenvalue weighted by atomic mass is 9.67. The molecule has 0 spiro atoms. The molecule has 0 atom stereocenters. The molecule has 0 saturated carbocycles. The summed E-state index contributed by atoms with van der Waals surface area (Å²) in [6.45, 7) is 4.75. The van der Waals surface area contributed by atoms with E-state index in [0.717, 1.165) is 17.1 Å². The van der Waals surface area contributed by atoms with Crippen LogP contribution in [0.5, 0.6) is 0 Å². The van der Waals surface area contributed by atoms with Gasteiger partial charge in [-0.05, 0) is 126 Å². The highest BCUT2D eigenvalue weighted by atomic mass is 32.1. The molecular weight excluding hydrogens is 815 g/mol. The van der Waals surface area contributed by atoms with E-state index in [9.17, 15) is 0 Å². The van der Waals surface area contributed by atoms with Crippen LogP contribution >= 0.6 is 11.3 Å². The quantitative estimate of drug-likeness (QED) is 0.154. The van der Waals surface area contributed by atoms with Crippen molar-refractivity contribution in [3.63, 3.8) is 0 Å². The highest BCUT2D eigenvalue weighted by molar-refractivity contribution is 7.26. The second-order valence-corrected chi connectivity index (χ2v) is 19.5. The van der Waals surface area contributed by atoms with Crippen LogP contribution in [0, 0.1) is 0 Å². The summed E-state index contributed by atoms with van der Waals surface area (Å²) in [5, 5.41) is 2.63. The summed E-state index contributed by atoms with van der Waals surface area (Å²) in [6.07, 6.45) is 0. The third-order valence-corrected chi connectivity index (χ3v) is 15.7. The largest absolute Gasteiger partial charge is 0.310 e. The lowest BCUT2D eigenvalue weighted by Gasteiger charge is -2.35. The number of nitrogens with zero attached hydrogens (tertiary/aromatic N) is 1. The maximum atomic E-state index is 2.54. The second-order valence-electron chi connectivity index (χ2n) is 18.4. The van der Waals surface area contributed by atoms with Crippen molar-refractivity contribution < 1.29 is 0 Å². The topological polar surface area (TPSA) is 3.24 Å². The highest BCUT2D eigenvalue weighted by Gasteiger charge is 2.48. The molecule has 0 radical (unpaired) electrons. The molecule has 66 heavy (non-hydrogen) atoms. The molecule has 0 bridgehead atoms. The van der Waals surface area contributed by atoms with Crippen molar-refractivity contribution in [2.45, 2.75) is 24.7 Å². The fraction of sp³-hybridized carbons (Fsp3) is 0.0625. The Labute approximate surface area is 390 Å². The van der Waals surface area contributed by atoms with Gasteiger partial charge in [-0.25, -0.2) is 0 Å². The van der Waals surface area contributed by atoms with Crippen LogP contribution in [0.4, 0.5) is 17.1 Å². The van der Waals surface area contributed by atoms with E-state index >= 15 is 0 Å². The molecule has 312 valence electrons. The first-order valence-corrected chi connectivity index (χ1v) is 23.8. The minimum Gasteiger partial charge on any atom is -0.310 e. The van der Waals surface area contributed by atoms with Crippen LogP contribution in [-0.4, -0.2) is 0 Å². The number of hydrogen-bond acceptors (Lipinski definition) is 2. The molecule has 10 aromatic carbocycles. The van der Waals surface area contributed by atoms with Crippen LogP contribution in [0.25, 0.3) is 64.7 Å². The van der Waals surface area contributed by atoms with Gasteiger partial charge >= 0.3 is 0 Å². The van der Waals surface area contributed by atoms with E-state index in [4.69, 9.17) is 0 Å². The van der Waals surface area contributed by atoms with E-state index in [1.807, 2.05) is 11.3 Å². The van der Waals surface area contributed by atoms with Crippen molar-refractivity contribution in [3.05, 3.63) is 270 Å². The Balaban J connectivity index is 1.12. The van der Waals surface area contributed by atoms with Gasteiger partial charge in [0.05, 0.1) is 5.41 Å². The van der Waals surface area contributed by atoms with Gasteiger partial charge in [-0.15, -0.1) is 11.3 Å². The van der Waals surface area contributed by atoms with E-state index < -0.39 is 5.41 Å². The van der Waals surface area contributed by atoms with Gasteiger partial charge in [0, 0.05) is 42.6 Å². The zero-order valence-electron chi connectivity index (χ0n) is 36.9. The molecule has 2 aliphatic carbocycles. The SMILES string of the molecule is CC1(C)c2ccccc2-c2ccc(N(c3ccc(-c4ccccc4)cc3)c3ccc4c(c3)C(c3ccccc3)(c3ccccc3)c3cc5sc6ccccc6c5c(-c5ccccc5)c3-4)cc21. The number of hydrogen-bond donors (Lipinski definition) is 0. The average molecular weight is 860 g/mol. The Morgan fingerprint density at radius 2 is 0.864 bits per heavy atom. The summed E-state index contributed by atoms with van der Waals surface area (Å²) in [6, 6.07) is 88.3. The van der Waals surface area contributed by atoms with Gasteiger partial charge in [0.15, 0.2) is 0 Å². The summed E-state index contributed by atoms with van der Waals surface area (Å²) in [7, 11) is 0. The molecule has 11 aromatic rings.